The summed E-state index contributed by atoms with van der Waals surface area (Å²) in [6.45, 7) is 1.43. The Hall–Kier alpha value is -2.21. The fraction of sp³-hybridized carbons (Fsp3) is 0.357. The van der Waals surface area contributed by atoms with Gasteiger partial charge in [-0.2, -0.15) is 4.98 Å². The summed E-state index contributed by atoms with van der Waals surface area (Å²) in [6, 6.07) is 7.81. The predicted molar refractivity (Wildman–Crippen MR) is 71.9 cm³/mol. The van der Waals surface area contributed by atoms with Crippen LogP contribution < -0.4 is 5.32 Å². The Balaban J connectivity index is 1.84. The van der Waals surface area contributed by atoms with Crippen LogP contribution in [-0.2, 0) is 28.9 Å². The van der Waals surface area contributed by atoms with Crippen LogP contribution in [0.25, 0.3) is 0 Å². The van der Waals surface area contributed by atoms with Crippen molar-refractivity contribution in [3.63, 3.8) is 0 Å². The molecule has 0 amide bonds. The maximum atomic E-state index is 11.3. The first-order valence-electron chi connectivity index (χ1n) is 6.39. The molecule has 6 heteroatoms. The molecule has 20 heavy (non-hydrogen) atoms. The lowest BCUT2D eigenvalue weighted by Crippen LogP contribution is -2.18. The van der Waals surface area contributed by atoms with E-state index >= 15 is 0 Å². The van der Waals surface area contributed by atoms with E-state index in [2.05, 4.69) is 20.0 Å². The molecule has 6 nitrogen and oxygen atoms in total. The summed E-state index contributed by atoms with van der Waals surface area (Å²) in [6.07, 6.45) is 2.32. The van der Waals surface area contributed by atoms with Gasteiger partial charge in [0.05, 0.1) is 13.5 Å². The number of nitrogens with one attached hydrogen (secondary N) is 1. The lowest BCUT2D eigenvalue weighted by Gasteiger charge is -2.09. The van der Waals surface area contributed by atoms with Crippen LogP contribution in [0.5, 0.6) is 0 Å². The number of carbonyl (C=O) groups excluding carboxylic acids is 1. The van der Waals surface area contributed by atoms with E-state index in [1.54, 1.807) is 0 Å². The molecule has 0 fully saturated rings. The standard InChI is InChI=1S/C14H17N3O3/c1-19-14(18)8-11-4-2-3-5-12(11)9-15-7-6-13-16-10-20-17-13/h2-5,10,15H,6-9H2,1H3. The maximum absolute atomic E-state index is 11.3. The number of carbonyl (C=O) groups is 1. The Bertz CT molecular complexity index is 540. The molecule has 0 aliphatic rings. The van der Waals surface area contributed by atoms with Crippen LogP contribution in [0.3, 0.4) is 0 Å². The highest BCUT2D eigenvalue weighted by atomic mass is 16.5. The molecule has 0 saturated heterocycles. The van der Waals surface area contributed by atoms with Crippen LogP contribution in [0.4, 0.5) is 0 Å². The minimum atomic E-state index is -0.232. The largest absolute Gasteiger partial charge is 0.469 e. The highest BCUT2D eigenvalue weighted by molar-refractivity contribution is 5.72. The molecule has 0 aliphatic heterocycles. The highest BCUT2D eigenvalue weighted by Crippen LogP contribution is 2.10. The molecule has 0 aliphatic carbocycles. The molecule has 0 unspecified atom stereocenters. The zero-order chi connectivity index (χ0) is 14.2. The molecule has 2 rings (SSSR count). The van der Waals surface area contributed by atoms with E-state index in [4.69, 9.17) is 4.74 Å². The number of methoxy groups -OCH3 is 1. The summed E-state index contributed by atoms with van der Waals surface area (Å²) in [5, 5.41) is 7.04. The van der Waals surface area contributed by atoms with Crippen molar-refractivity contribution in [3.05, 3.63) is 47.6 Å². The smallest absolute Gasteiger partial charge is 0.309 e. The Morgan fingerprint density at radius 1 is 1.35 bits per heavy atom. The number of rotatable bonds is 7. The minimum Gasteiger partial charge on any atom is -0.469 e. The van der Waals surface area contributed by atoms with Gasteiger partial charge in [0.1, 0.15) is 0 Å². The van der Waals surface area contributed by atoms with Gasteiger partial charge in [0.25, 0.3) is 0 Å². The van der Waals surface area contributed by atoms with Crippen molar-refractivity contribution in [1.29, 1.82) is 0 Å². The minimum absolute atomic E-state index is 0.232. The highest BCUT2D eigenvalue weighted by Gasteiger charge is 2.07. The van der Waals surface area contributed by atoms with Crippen molar-refractivity contribution in [2.24, 2.45) is 0 Å². The van der Waals surface area contributed by atoms with Gasteiger partial charge in [-0.05, 0) is 11.1 Å². The van der Waals surface area contributed by atoms with Gasteiger partial charge in [0.15, 0.2) is 5.82 Å². The molecule has 1 N–H and O–H groups in total. The van der Waals surface area contributed by atoms with Crippen molar-refractivity contribution < 1.29 is 14.1 Å². The number of nitrogens with zero attached hydrogens (tertiary/aromatic N) is 2. The van der Waals surface area contributed by atoms with Gasteiger partial charge >= 0.3 is 5.97 Å². The number of esters is 1. The first-order chi connectivity index (χ1) is 9.79. The van der Waals surface area contributed by atoms with Gasteiger partial charge in [-0.1, -0.05) is 29.4 Å². The molecular formula is C14H17N3O3. The van der Waals surface area contributed by atoms with Crippen molar-refractivity contribution in [2.75, 3.05) is 13.7 Å². The van der Waals surface area contributed by atoms with Crippen molar-refractivity contribution in [1.82, 2.24) is 15.5 Å². The van der Waals surface area contributed by atoms with Gasteiger partial charge in [-0.25, -0.2) is 0 Å². The average Bonchev–Trinajstić information content (AvgIpc) is 2.98. The second-order valence-electron chi connectivity index (χ2n) is 4.30. The average molecular weight is 275 g/mol. The van der Waals surface area contributed by atoms with Gasteiger partial charge in [-0.3, -0.25) is 4.79 Å². The van der Waals surface area contributed by atoms with Crippen molar-refractivity contribution >= 4 is 5.97 Å². The van der Waals surface area contributed by atoms with E-state index in [9.17, 15) is 4.79 Å². The Morgan fingerprint density at radius 3 is 2.85 bits per heavy atom. The summed E-state index contributed by atoms with van der Waals surface area (Å²) in [7, 11) is 1.40. The van der Waals surface area contributed by atoms with Crippen molar-refractivity contribution in [3.8, 4) is 0 Å². The normalized spacial score (nSPS) is 10.4. The fourth-order valence-corrected chi connectivity index (χ4v) is 1.86. The van der Waals surface area contributed by atoms with E-state index in [1.807, 2.05) is 24.3 Å². The number of aromatic nitrogens is 2. The fourth-order valence-electron chi connectivity index (χ4n) is 1.86. The van der Waals surface area contributed by atoms with Gasteiger partial charge in [0, 0.05) is 19.5 Å². The summed E-state index contributed by atoms with van der Waals surface area (Å²) in [5.74, 6) is 0.449. The first kappa shape index (κ1) is 14.2. The van der Waals surface area contributed by atoms with E-state index in [0.717, 1.165) is 17.7 Å². The number of hydrogen-bond acceptors (Lipinski definition) is 6. The van der Waals surface area contributed by atoms with Crippen molar-refractivity contribution in [2.45, 2.75) is 19.4 Å². The van der Waals surface area contributed by atoms with E-state index in [0.29, 0.717) is 25.2 Å². The molecule has 0 spiro atoms. The topological polar surface area (TPSA) is 77.2 Å². The maximum Gasteiger partial charge on any atom is 0.309 e. The molecule has 1 aromatic carbocycles. The SMILES string of the molecule is COC(=O)Cc1ccccc1CNCCc1ncon1. The van der Waals surface area contributed by atoms with E-state index < -0.39 is 0 Å². The molecular weight excluding hydrogens is 258 g/mol. The lowest BCUT2D eigenvalue weighted by atomic mass is 10.0. The van der Waals surface area contributed by atoms with Crippen LogP contribution >= 0.6 is 0 Å². The molecule has 0 bridgehead atoms. The molecule has 0 radical (unpaired) electrons. The Labute approximate surface area is 117 Å². The van der Waals surface area contributed by atoms with Crippen LogP contribution in [0, 0.1) is 0 Å². The third-order valence-electron chi connectivity index (χ3n) is 2.93. The van der Waals surface area contributed by atoms with Gasteiger partial charge in [0.2, 0.25) is 6.39 Å². The van der Waals surface area contributed by atoms with Gasteiger partial charge < -0.3 is 14.6 Å². The number of benzene rings is 1. The van der Waals surface area contributed by atoms with Crippen LogP contribution in [0.1, 0.15) is 17.0 Å². The molecule has 1 heterocycles. The molecule has 1 aromatic heterocycles. The van der Waals surface area contributed by atoms with Crippen LogP contribution in [0.2, 0.25) is 0 Å². The molecule has 106 valence electrons. The molecule has 0 atom stereocenters. The Kier molecular flexibility index (Phi) is 5.25. The van der Waals surface area contributed by atoms with E-state index in [-0.39, 0.29) is 5.97 Å². The first-order valence-corrected chi connectivity index (χ1v) is 6.39. The predicted octanol–water partition coefficient (Wildman–Crippen LogP) is 1.12. The van der Waals surface area contributed by atoms with E-state index in [1.165, 1.54) is 13.5 Å². The second kappa shape index (κ2) is 7.40. The monoisotopic (exact) mass is 275 g/mol. The summed E-state index contributed by atoms with van der Waals surface area (Å²) >= 11 is 0. The van der Waals surface area contributed by atoms with Crippen LogP contribution in [0.15, 0.2) is 35.2 Å². The quantitative estimate of drug-likeness (QED) is 0.602. The third-order valence-corrected chi connectivity index (χ3v) is 2.93. The number of ether oxygens (including phenoxy) is 1. The summed E-state index contributed by atoms with van der Waals surface area (Å²) in [5.41, 5.74) is 2.07. The number of hydrogen-bond donors (Lipinski definition) is 1. The Morgan fingerprint density at radius 2 is 2.15 bits per heavy atom. The molecule has 2 aromatic rings. The second-order valence-corrected chi connectivity index (χ2v) is 4.30. The van der Waals surface area contributed by atoms with Gasteiger partial charge in [-0.15, -0.1) is 0 Å². The zero-order valence-electron chi connectivity index (χ0n) is 11.3. The summed E-state index contributed by atoms with van der Waals surface area (Å²) in [4.78, 5) is 15.3. The summed E-state index contributed by atoms with van der Waals surface area (Å²) < 4.78 is 9.36. The lowest BCUT2D eigenvalue weighted by molar-refractivity contribution is -0.139. The molecule has 0 saturated carbocycles. The zero-order valence-corrected chi connectivity index (χ0v) is 11.3. The third kappa shape index (κ3) is 4.17. The van der Waals surface area contributed by atoms with Crippen LogP contribution in [-0.4, -0.2) is 29.8 Å².